The molecule has 0 saturated heterocycles. The highest BCUT2D eigenvalue weighted by Crippen LogP contribution is 2.26. The number of hydrogen-bond donors (Lipinski definition) is 3. The Morgan fingerprint density at radius 1 is 1.33 bits per heavy atom. The molecule has 1 unspecified atom stereocenters. The molecule has 1 fully saturated rings. The molecule has 7 nitrogen and oxygen atoms in total. The summed E-state index contributed by atoms with van der Waals surface area (Å²) in [7, 11) is 0. The lowest BCUT2D eigenvalue weighted by molar-refractivity contribution is -0.139. The summed E-state index contributed by atoms with van der Waals surface area (Å²) >= 11 is 0. The number of unbranched alkanes of at least 4 members (excludes halogenated alkanes) is 1. The third-order valence-corrected chi connectivity index (χ3v) is 5.00. The first-order valence-corrected chi connectivity index (χ1v) is 9.48. The molecule has 0 spiro atoms. The first kappa shape index (κ1) is 20.7. The zero-order chi connectivity index (χ0) is 19.6. The van der Waals surface area contributed by atoms with Crippen molar-refractivity contribution in [3.8, 4) is 6.07 Å². The molecule has 0 heterocycles. The number of nitriles is 1. The molecule has 1 saturated carbocycles. The summed E-state index contributed by atoms with van der Waals surface area (Å²) in [5, 5.41) is 23.7. The first-order valence-electron chi connectivity index (χ1n) is 9.48. The number of benzene rings is 1. The van der Waals surface area contributed by atoms with E-state index in [0.717, 1.165) is 24.8 Å². The molecule has 3 N–H and O–H groups in total. The van der Waals surface area contributed by atoms with Crippen LogP contribution in [0.5, 0.6) is 0 Å². The topological polar surface area (TPSA) is 105 Å². The van der Waals surface area contributed by atoms with Gasteiger partial charge in [-0.05, 0) is 37.8 Å². The Hall–Kier alpha value is -2.59. The smallest absolute Gasteiger partial charge is 0.317 e. The highest BCUT2D eigenvalue weighted by atomic mass is 16.4. The monoisotopic (exact) mass is 372 g/mol. The van der Waals surface area contributed by atoms with Crippen LogP contribution >= 0.6 is 0 Å². The van der Waals surface area contributed by atoms with Crippen LogP contribution in [0.3, 0.4) is 0 Å². The number of carboxylic acids is 1. The molecule has 1 aromatic rings. The number of hydrogen-bond acceptors (Lipinski definition) is 4. The minimum absolute atomic E-state index is 0.0368. The predicted octanol–water partition coefficient (Wildman–Crippen LogP) is 2.66. The van der Waals surface area contributed by atoms with Gasteiger partial charge in [0, 0.05) is 18.5 Å². The quantitative estimate of drug-likeness (QED) is 0.548. The van der Waals surface area contributed by atoms with Crippen LogP contribution in [-0.4, -0.2) is 47.2 Å². The number of aliphatic carboxylic acids is 1. The Balaban J connectivity index is 1.82. The van der Waals surface area contributed by atoms with Crippen molar-refractivity contribution >= 4 is 12.0 Å². The molecular weight excluding hydrogens is 344 g/mol. The van der Waals surface area contributed by atoms with Crippen LogP contribution in [0, 0.1) is 11.3 Å². The van der Waals surface area contributed by atoms with Crippen LogP contribution in [0.1, 0.15) is 50.6 Å². The Labute approximate surface area is 160 Å². The summed E-state index contributed by atoms with van der Waals surface area (Å²) in [4.78, 5) is 25.2. The molecule has 0 aliphatic heterocycles. The maximum absolute atomic E-state index is 12.4. The lowest BCUT2D eigenvalue weighted by Gasteiger charge is -2.42. The molecule has 1 atom stereocenters. The van der Waals surface area contributed by atoms with Gasteiger partial charge in [0.15, 0.2) is 0 Å². The molecule has 1 aliphatic carbocycles. The number of nitrogens with zero attached hydrogens (tertiary/aromatic N) is 2. The molecule has 146 valence electrons. The summed E-state index contributed by atoms with van der Waals surface area (Å²) in [6.45, 7) is 2.67. The zero-order valence-corrected chi connectivity index (χ0v) is 15.7. The lowest BCUT2D eigenvalue weighted by atomic mass is 9.85. The second-order valence-electron chi connectivity index (χ2n) is 6.91. The van der Waals surface area contributed by atoms with E-state index in [9.17, 15) is 9.59 Å². The van der Waals surface area contributed by atoms with E-state index in [-0.39, 0.29) is 30.7 Å². The highest BCUT2D eigenvalue weighted by molar-refractivity contribution is 5.75. The third-order valence-electron chi connectivity index (χ3n) is 5.00. The summed E-state index contributed by atoms with van der Waals surface area (Å²) in [5.41, 5.74) is 1.02. The van der Waals surface area contributed by atoms with E-state index in [1.807, 2.05) is 42.2 Å². The summed E-state index contributed by atoms with van der Waals surface area (Å²) in [6, 6.07) is 11.8. The van der Waals surface area contributed by atoms with Crippen LogP contribution in [0.15, 0.2) is 30.3 Å². The van der Waals surface area contributed by atoms with E-state index in [1.165, 1.54) is 0 Å². The van der Waals surface area contributed by atoms with Crippen molar-refractivity contribution in [1.29, 1.82) is 5.26 Å². The summed E-state index contributed by atoms with van der Waals surface area (Å²) < 4.78 is 0. The van der Waals surface area contributed by atoms with Gasteiger partial charge in [0.25, 0.3) is 0 Å². The van der Waals surface area contributed by atoms with Crippen molar-refractivity contribution in [3.63, 3.8) is 0 Å². The van der Waals surface area contributed by atoms with Crippen molar-refractivity contribution in [3.05, 3.63) is 35.9 Å². The Kier molecular flexibility index (Phi) is 8.08. The van der Waals surface area contributed by atoms with E-state index in [2.05, 4.69) is 16.7 Å². The normalized spacial score (nSPS) is 19.6. The predicted molar refractivity (Wildman–Crippen MR) is 102 cm³/mol. The number of nitrogens with one attached hydrogen (secondary N) is 2. The van der Waals surface area contributed by atoms with Gasteiger partial charge in [-0.3, -0.25) is 9.69 Å². The Morgan fingerprint density at radius 3 is 2.63 bits per heavy atom. The van der Waals surface area contributed by atoms with Crippen molar-refractivity contribution < 1.29 is 14.7 Å². The molecule has 1 aliphatic rings. The maximum atomic E-state index is 12.4. The van der Waals surface area contributed by atoms with Gasteiger partial charge in [-0.1, -0.05) is 37.3 Å². The standard InChI is InChI=1S/C20H28N4O3/c1-2-24(14-19(25)26)17-12-16(13-17)22-20(27)23-18(10-6-7-11-21)15-8-4-3-5-9-15/h3-5,8-9,16-18H,2,6-7,10,12-14H2,1H3,(H,25,26)(H2,22,23,27). The Morgan fingerprint density at radius 2 is 2.04 bits per heavy atom. The fourth-order valence-corrected chi connectivity index (χ4v) is 3.45. The van der Waals surface area contributed by atoms with Gasteiger partial charge >= 0.3 is 12.0 Å². The SMILES string of the molecule is CCN(CC(=O)O)C1CC(NC(=O)NC(CCCC#N)c2ccccc2)C1. The van der Waals surface area contributed by atoms with Crippen molar-refractivity contribution in [2.45, 2.75) is 57.2 Å². The van der Waals surface area contributed by atoms with Crippen molar-refractivity contribution in [1.82, 2.24) is 15.5 Å². The number of likely N-dealkylation sites (N-methyl/N-ethyl adjacent to an activating group) is 1. The third kappa shape index (κ3) is 6.57. The van der Waals surface area contributed by atoms with Crippen molar-refractivity contribution in [2.75, 3.05) is 13.1 Å². The Bertz CT molecular complexity index is 653. The van der Waals surface area contributed by atoms with E-state index < -0.39 is 5.97 Å². The molecule has 0 bridgehead atoms. The number of amides is 2. The fraction of sp³-hybridized carbons (Fsp3) is 0.550. The molecule has 0 aromatic heterocycles. The van der Waals surface area contributed by atoms with Gasteiger partial charge in [0.1, 0.15) is 0 Å². The van der Waals surface area contributed by atoms with Crippen molar-refractivity contribution in [2.24, 2.45) is 0 Å². The van der Waals surface area contributed by atoms with E-state index in [1.54, 1.807) is 0 Å². The van der Waals surface area contributed by atoms with Gasteiger partial charge < -0.3 is 15.7 Å². The fourth-order valence-electron chi connectivity index (χ4n) is 3.45. The largest absolute Gasteiger partial charge is 0.480 e. The summed E-state index contributed by atoms with van der Waals surface area (Å²) in [5.74, 6) is -0.825. The minimum atomic E-state index is -0.825. The van der Waals surface area contributed by atoms with Gasteiger partial charge in [0.2, 0.25) is 0 Å². The molecular formula is C20H28N4O3. The van der Waals surface area contributed by atoms with Crippen LogP contribution in [0.2, 0.25) is 0 Å². The number of carbonyl (C=O) groups excluding carboxylic acids is 1. The van der Waals surface area contributed by atoms with Crippen LogP contribution in [0.4, 0.5) is 4.79 Å². The van der Waals surface area contributed by atoms with Crippen LogP contribution in [0.25, 0.3) is 0 Å². The highest BCUT2D eigenvalue weighted by Gasteiger charge is 2.34. The molecule has 2 rings (SSSR count). The summed E-state index contributed by atoms with van der Waals surface area (Å²) in [6.07, 6.45) is 3.42. The average molecular weight is 372 g/mol. The second-order valence-corrected chi connectivity index (χ2v) is 6.91. The van der Waals surface area contributed by atoms with Gasteiger partial charge in [-0.25, -0.2) is 4.79 Å². The molecule has 7 heteroatoms. The van der Waals surface area contributed by atoms with Gasteiger partial charge in [-0.15, -0.1) is 0 Å². The number of urea groups is 1. The zero-order valence-electron chi connectivity index (χ0n) is 15.7. The molecule has 2 amide bonds. The van der Waals surface area contributed by atoms with E-state index in [0.29, 0.717) is 19.4 Å². The molecule has 27 heavy (non-hydrogen) atoms. The van der Waals surface area contributed by atoms with Gasteiger partial charge in [-0.2, -0.15) is 5.26 Å². The average Bonchev–Trinajstić information content (AvgIpc) is 2.62. The first-order chi connectivity index (χ1) is 13.0. The lowest BCUT2D eigenvalue weighted by Crippen LogP contribution is -2.56. The molecule has 0 radical (unpaired) electrons. The van der Waals surface area contributed by atoms with Crippen LogP contribution < -0.4 is 10.6 Å². The molecule has 1 aromatic carbocycles. The number of carboxylic acid groups (broad SMARTS) is 1. The number of carbonyl (C=O) groups is 2. The van der Waals surface area contributed by atoms with Gasteiger partial charge in [0.05, 0.1) is 18.7 Å². The number of rotatable bonds is 10. The minimum Gasteiger partial charge on any atom is -0.480 e. The second kappa shape index (κ2) is 10.5. The van der Waals surface area contributed by atoms with Crippen LogP contribution in [-0.2, 0) is 4.79 Å². The van der Waals surface area contributed by atoms with E-state index in [4.69, 9.17) is 10.4 Å². The maximum Gasteiger partial charge on any atom is 0.317 e. The van der Waals surface area contributed by atoms with E-state index >= 15 is 0 Å².